The Bertz CT molecular complexity index is 746. The van der Waals surface area contributed by atoms with Crippen molar-refractivity contribution in [2.75, 3.05) is 12.4 Å². The molecule has 0 bridgehead atoms. The van der Waals surface area contributed by atoms with Crippen LogP contribution in [0.2, 0.25) is 0 Å². The molecule has 0 aliphatic carbocycles. The topological polar surface area (TPSA) is 86.5 Å². The second kappa shape index (κ2) is 6.91. The van der Waals surface area contributed by atoms with E-state index in [9.17, 15) is 13.6 Å². The zero-order chi connectivity index (χ0) is 17.9. The van der Waals surface area contributed by atoms with Gasteiger partial charge >= 0.3 is 0 Å². The van der Waals surface area contributed by atoms with E-state index in [2.05, 4.69) is 15.5 Å². The number of nitrogens with zero attached hydrogens (tertiary/aromatic N) is 2. The van der Waals surface area contributed by atoms with Crippen molar-refractivity contribution in [2.24, 2.45) is 0 Å². The number of carbonyl (C=O) groups is 1. The molecular formula is C15H17F2N3O4. The van der Waals surface area contributed by atoms with E-state index in [0.717, 1.165) is 0 Å². The molecule has 2 rings (SSSR count). The first-order valence-electron chi connectivity index (χ1n) is 7.01. The van der Waals surface area contributed by atoms with E-state index in [-0.39, 0.29) is 23.9 Å². The van der Waals surface area contributed by atoms with Gasteiger partial charge in [-0.1, -0.05) is 5.16 Å². The third-order valence-electron chi connectivity index (χ3n) is 3.23. The molecule has 130 valence electrons. The number of amides is 1. The van der Waals surface area contributed by atoms with Gasteiger partial charge in [0.1, 0.15) is 5.60 Å². The summed E-state index contributed by atoms with van der Waals surface area (Å²) < 4.78 is 43.1. The molecule has 1 N–H and O–H groups in total. The number of hydrogen-bond donors (Lipinski definition) is 1. The Labute approximate surface area is 136 Å². The lowest BCUT2D eigenvalue weighted by Gasteiger charge is -2.17. The van der Waals surface area contributed by atoms with Gasteiger partial charge in [-0.3, -0.25) is 4.79 Å². The third-order valence-corrected chi connectivity index (χ3v) is 3.23. The molecule has 2 aromatic rings. The van der Waals surface area contributed by atoms with Crippen molar-refractivity contribution in [1.82, 2.24) is 10.1 Å². The van der Waals surface area contributed by atoms with Crippen molar-refractivity contribution < 1.29 is 27.6 Å². The molecule has 9 heteroatoms. The van der Waals surface area contributed by atoms with Gasteiger partial charge in [-0.2, -0.15) is 9.37 Å². The number of halogens is 2. The summed E-state index contributed by atoms with van der Waals surface area (Å²) >= 11 is 0. The largest absolute Gasteiger partial charge is 0.481 e. The molecule has 0 saturated carbocycles. The van der Waals surface area contributed by atoms with E-state index >= 15 is 0 Å². The van der Waals surface area contributed by atoms with Gasteiger partial charge in [0.25, 0.3) is 5.89 Å². The zero-order valence-corrected chi connectivity index (χ0v) is 13.6. The minimum Gasteiger partial charge on any atom is -0.481 e. The van der Waals surface area contributed by atoms with Crippen LogP contribution in [0.4, 0.5) is 14.5 Å². The van der Waals surface area contributed by atoms with Crippen LogP contribution in [0.15, 0.2) is 16.7 Å². The van der Waals surface area contributed by atoms with Gasteiger partial charge in [0.05, 0.1) is 5.69 Å². The molecule has 0 saturated heterocycles. The van der Waals surface area contributed by atoms with Gasteiger partial charge in [0, 0.05) is 14.0 Å². The molecular weight excluding hydrogens is 324 g/mol. The highest BCUT2D eigenvalue weighted by Gasteiger charge is 2.26. The Balaban J connectivity index is 2.10. The van der Waals surface area contributed by atoms with Gasteiger partial charge in [-0.05, 0) is 26.0 Å². The zero-order valence-electron chi connectivity index (χ0n) is 13.6. The lowest BCUT2D eigenvalue weighted by molar-refractivity contribution is -0.114. The van der Waals surface area contributed by atoms with Gasteiger partial charge in [-0.25, -0.2) is 4.39 Å². The number of aromatic nitrogens is 2. The summed E-state index contributed by atoms with van der Waals surface area (Å²) in [5.41, 5.74) is -1.02. The summed E-state index contributed by atoms with van der Waals surface area (Å²) in [5, 5.41) is 5.93. The molecule has 24 heavy (non-hydrogen) atoms. The second-order valence-corrected chi connectivity index (χ2v) is 5.44. The minimum atomic E-state index is -1.22. The molecule has 0 atom stereocenters. The molecule has 1 aromatic heterocycles. The van der Waals surface area contributed by atoms with Crippen LogP contribution >= 0.6 is 0 Å². The predicted octanol–water partition coefficient (Wildman–Crippen LogP) is 2.77. The average Bonchev–Trinajstić information content (AvgIpc) is 3.00. The fourth-order valence-electron chi connectivity index (χ4n) is 1.72. The highest BCUT2D eigenvalue weighted by molar-refractivity contribution is 5.88. The Morgan fingerprint density at radius 3 is 2.67 bits per heavy atom. The van der Waals surface area contributed by atoms with Crippen LogP contribution in [0.1, 0.15) is 32.5 Å². The predicted molar refractivity (Wildman–Crippen MR) is 79.3 cm³/mol. The van der Waals surface area contributed by atoms with Crippen LogP contribution in [0.3, 0.4) is 0 Å². The van der Waals surface area contributed by atoms with Crippen molar-refractivity contribution in [3.8, 4) is 5.75 Å². The first-order valence-corrected chi connectivity index (χ1v) is 7.01. The molecule has 7 nitrogen and oxygen atoms in total. The van der Waals surface area contributed by atoms with E-state index in [1.165, 1.54) is 26.2 Å². The van der Waals surface area contributed by atoms with Crippen LogP contribution < -0.4 is 10.1 Å². The van der Waals surface area contributed by atoms with Crippen LogP contribution in [0.5, 0.6) is 5.75 Å². The molecule has 0 aliphatic heterocycles. The first kappa shape index (κ1) is 17.8. The van der Waals surface area contributed by atoms with Crippen molar-refractivity contribution in [3.05, 3.63) is 35.5 Å². The van der Waals surface area contributed by atoms with Crippen LogP contribution in [0.25, 0.3) is 0 Å². The van der Waals surface area contributed by atoms with Gasteiger partial charge in [0.15, 0.2) is 18.2 Å². The average molecular weight is 341 g/mol. The van der Waals surface area contributed by atoms with E-state index in [1.807, 2.05) is 0 Å². The molecule has 1 amide bonds. The number of anilines is 1. The van der Waals surface area contributed by atoms with Crippen LogP contribution in [0, 0.1) is 11.6 Å². The quantitative estimate of drug-likeness (QED) is 0.869. The highest BCUT2D eigenvalue weighted by Crippen LogP contribution is 2.27. The van der Waals surface area contributed by atoms with E-state index in [4.69, 9.17) is 14.0 Å². The van der Waals surface area contributed by atoms with Crippen molar-refractivity contribution in [1.29, 1.82) is 0 Å². The smallest absolute Gasteiger partial charge is 0.264 e. The van der Waals surface area contributed by atoms with Crippen molar-refractivity contribution in [3.63, 3.8) is 0 Å². The van der Waals surface area contributed by atoms with Gasteiger partial charge in [-0.15, -0.1) is 0 Å². The normalized spacial score (nSPS) is 11.4. The SMILES string of the molecule is COC(C)(C)c1noc(COc2ccc(NC(C)=O)c(F)c2F)n1. The Hall–Kier alpha value is -2.55. The van der Waals surface area contributed by atoms with Gasteiger partial charge < -0.3 is 19.3 Å². The summed E-state index contributed by atoms with van der Waals surface area (Å²) in [5.74, 6) is -2.90. The number of hydrogen-bond acceptors (Lipinski definition) is 6. The molecule has 1 heterocycles. The summed E-state index contributed by atoms with van der Waals surface area (Å²) in [6.45, 7) is 4.44. The van der Waals surface area contributed by atoms with Gasteiger partial charge in [0.2, 0.25) is 17.5 Å². The number of rotatable bonds is 6. The maximum absolute atomic E-state index is 13.9. The number of benzene rings is 1. The number of methoxy groups -OCH3 is 1. The summed E-state index contributed by atoms with van der Waals surface area (Å²) in [6.07, 6.45) is 0. The Morgan fingerprint density at radius 1 is 1.33 bits per heavy atom. The monoisotopic (exact) mass is 341 g/mol. The molecule has 0 unspecified atom stereocenters. The van der Waals surface area contributed by atoms with E-state index < -0.39 is 23.1 Å². The molecule has 0 spiro atoms. The standard InChI is InChI=1S/C15H17F2N3O4/c1-8(21)18-9-5-6-10(13(17)12(9)16)23-7-11-19-14(20-24-11)15(2,3)22-4/h5-6H,7H2,1-4H3,(H,18,21). The maximum Gasteiger partial charge on any atom is 0.264 e. The van der Waals surface area contributed by atoms with E-state index in [1.54, 1.807) is 13.8 Å². The van der Waals surface area contributed by atoms with E-state index in [0.29, 0.717) is 5.82 Å². The number of carbonyl (C=O) groups excluding carboxylic acids is 1. The van der Waals surface area contributed by atoms with Crippen molar-refractivity contribution in [2.45, 2.75) is 33.0 Å². The lowest BCUT2D eigenvalue weighted by atomic mass is 10.1. The minimum absolute atomic E-state index is 0.0841. The fourth-order valence-corrected chi connectivity index (χ4v) is 1.72. The van der Waals surface area contributed by atoms with Crippen LogP contribution in [-0.2, 0) is 21.7 Å². The lowest BCUT2D eigenvalue weighted by Crippen LogP contribution is -2.21. The fraction of sp³-hybridized carbons (Fsp3) is 0.400. The number of ether oxygens (including phenoxy) is 2. The molecule has 0 fully saturated rings. The Kier molecular flexibility index (Phi) is 5.13. The molecule has 0 radical (unpaired) electrons. The molecule has 0 aliphatic rings. The Morgan fingerprint density at radius 2 is 2.04 bits per heavy atom. The summed E-state index contributed by atoms with van der Waals surface area (Å²) in [7, 11) is 1.50. The van der Waals surface area contributed by atoms with Crippen LogP contribution in [-0.4, -0.2) is 23.2 Å². The summed E-state index contributed by atoms with van der Waals surface area (Å²) in [6, 6.07) is 2.39. The highest BCUT2D eigenvalue weighted by atomic mass is 19.2. The number of nitrogens with one attached hydrogen (secondary N) is 1. The second-order valence-electron chi connectivity index (χ2n) is 5.44. The summed E-state index contributed by atoms with van der Waals surface area (Å²) in [4.78, 5) is 15.0. The van der Waals surface area contributed by atoms with Crippen molar-refractivity contribution >= 4 is 11.6 Å². The maximum atomic E-state index is 13.9. The third kappa shape index (κ3) is 3.85. The molecule has 1 aromatic carbocycles. The first-order chi connectivity index (χ1) is 11.2.